The predicted molar refractivity (Wildman–Crippen MR) is 97.6 cm³/mol. The first kappa shape index (κ1) is 19.2. The zero-order valence-corrected chi connectivity index (χ0v) is 14.9. The van der Waals surface area contributed by atoms with E-state index < -0.39 is 11.7 Å². The minimum Gasteiger partial charge on any atom is -0.396 e. The molecule has 0 aliphatic carbocycles. The van der Waals surface area contributed by atoms with Crippen molar-refractivity contribution in [1.29, 1.82) is 0 Å². The molecule has 0 fully saturated rings. The zero-order valence-electron chi connectivity index (χ0n) is 14.9. The summed E-state index contributed by atoms with van der Waals surface area (Å²) in [5, 5.41) is 14.8. The van der Waals surface area contributed by atoms with Crippen LogP contribution in [0.15, 0.2) is 36.4 Å². The average molecular weight is 378 g/mol. The molecule has 0 spiro atoms. The Morgan fingerprint density at radius 3 is 2.67 bits per heavy atom. The van der Waals surface area contributed by atoms with Crippen LogP contribution in [0.3, 0.4) is 0 Å². The van der Waals surface area contributed by atoms with E-state index in [1.54, 1.807) is 0 Å². The Kier molecular flexibility index (Phi) is 5.41. The summed E-state index contributed by atoms with van der Waals surface area (Å²) in [5.74, 6) is -0.344. The maximum Gasteiger partial charge on any atom is 0.416 e. The highest BCUT2D eigenvalue weighted by Crippen LogP contribution is 2.39. The zero-order chi connectivity index (χ0) is 19.6. The second-order valence-corrected chi connectivity index (χ2v) is 6.73. The summed E-state index contributed by atoms with van der Waals surface area (Å²) in [6.45, 7) is 1.50. The van der Waals surface area contributed by atoms with Gasteiger partial charge >= 0.3 is 6.18 Å². The van der Waals surface area contributed by atoms with Gasteiger partial charge in [0.25, 0.3) is 0 Å². The molecule has 1 amide bonds. The molecule has 27 heavy (non-hydrogen) atoms. The summed E-state index contributed by atoms with van der Waals surface area (Å²) < 4.78 is 39.5. The summed E-state index contributed by atoms with van der Waals surface area (Å²) in [7, 11) is 0. The number of hydrogen-bond donors (Lipinski definition) is 3. The van der Waals surface area contributed by atoms with Crippen LogP contribution in [0.4, 0.5) is 24.5 Å². The van der Waals surface area contributed by atoms with Crippen LogP contribution in [0.2, 0.25) is 0 Å². The number of carbonyl (C=O) groups excluding carboxylic acids is 1. The molecule has 0 saturated carbocycles. The molecule has 1 atom stereocenters. The first-order chi connectivity index (χ1) is 12.8. The summed E-state index contributed by atoms with van der Waals surface area (Å²) in [6, 6.07) is 9.73. The molecule has 2 aromatic rings. The number of benzene rings is 2. The maximum absolute atomic E-state index is 13.2. The molecule has 0 aromatic heterocycles. The van der Waals surface area contributed by atoms with Crippen molar-refractivity contribution in [2.45, 2.75) is 38.4 Å². The lowest BCUT2D eigenvalue weighted by Crippen LogP contribution is -2.16. The Morgan fingerprint density at radius 1 is 1.19 bits per heavy atom. The van der Waals surface area contributed by atoms with E-state index in [0.717, 1.165) is 17.2 Å². The number of halogens is 3. The van der Waals surface area contributed by atoms with Gasteiger partial charge in [-0.15, -0.1) is 0 Å². The van der Waals surface area contributed by atoms with Crippen molar-refractivity contribution in [2.24, 2.45) is 0 Å². The number of alkyl halides is 3. The van der Waals surface area contributed by atoms with E-state index in [2.05, 4.69) is 10.6 Å². The van der Waals surface area contributed by atoms with E-state index in [4.69, 9.17) is 5.11 Å². The van der Waals surface area contributed by atoms with E-state index in [0.29, 0.717) is 18.5 Å². The quantitative estimate of drug-likeness (QED) is 0.737. The van der Waals surface area contributed by atoms with Gasteiger partial charge in [0.15, 0.2) is 0 Å². The summed E-state index contributed by atoms with van der Waals surface area (Å²) >= 11 is 0. The van der Waals surface area contributed by atoms with Crippen molar-refractivity contribution in [1.82, 2.24) is 0 Å². The number of nitrogens with one attached hydrogen (secondary N) is 2. The van der Waals surface area contributed by atoms with Crippen LogP contribution in [-0.4, -0.2) is 17.6 Å². The first-order valence-electron chi connectivity index (χ1n) is 8.76. The largest absolute Gasteiger partial charge is 0.416 e. The van der Waals surface area contributed by atoms with Gasteiger partial charge in [0.1, 0.15) is 0 Å². The van der Waals surface area contributed by atoms with Gasteiger partial charge < -0.3 is 15.7 Å². The Labute approximate surface area is 155 Å². The van der Waals surface area contributed by atoms with Gasteiger partial charge in [-0.1, -0.05) is 24.3 Å². The van der Waals surface area contributed by atoms with Gasteiger partial charge in [-0.25, -0.2) is 0 Å². The van der Waals surface area contributed by atoms with Gasteiger partial charge in [0.2, 0.25) is 5.91 Å². The fourth-order valence-corrected chi connectivity index (χ4v) is 3.31. The lowest BCUT2D eigenvalue weighted by Gasteiger charge is -2.20. The third-order valence-electron chi connectivity index (χ3n) is 4.64. The van der Waals surface area contributed by atoms with E-state index in [1.165, 1.54) is 13.0 Å². The Bertz CT molecular complexity index is 850. The minimum absolute atomic E-state index is 0.0975. The highest BCUT2D eigenvalue weighted by atomic mass is 19.4. The second-order valence-electron chi connectivity index (χ2n) is 6.73. The van der Waals surface area contributed by atoms with Crippen molar-refractivity contribution in [3.05, 3.63) is 58.7 Å². The molecule has 3 N–H and O–H groups in total. The second kappa shape index (κ2) is 7.60. The molecular weight excluding hydrogens is 357 g/mol. The highest BCUT2D eigenvalue weighted by molar-refractivity contribution is 5.97. The number of rotatable bonds is 4. The molecule has 7 heteroatoms. The maximum atomic E-state index is 13.2. The van der Waals surface area contributed by atoms with Gasteiger partial charge in [-0.3, -0.25) is 4.79 Å². The lowest BCUT2D eigenvalue weighted by atomic mass is 9.99. The SMILES string of the molecule is Cc1cc2c(cc1C(F)(F)F)NC(=O)CC(c1cccc(CCCO)c1)N2. The number of hydrogen-bond acceptors (Lipinski definition) is 3. The standard InChI is InChI=1S/C20H21F3N2O2/c1-12-8-17-18(10-15(12)20(21,22)23)25-19(27)11-16(24-17)14-6-2-4-13(9-14)5-3-7-26/h2,4,6,8-10,16,24,26H,3,5,7,11H2,1H3,(H,25,27). The Hall–Kier alpha value is -2.54. The molecule has 3 rings (SSSR count). The van der Waals surface area contributed by atoms with E-state index in [-0.39, 0.29) is 36.2 Å². The predicted octanol–water partition coefficient (Wildman–Crippen LogP) is 4.43. The van der Waals surface area contributed by atoms with Crippen molar-refractivity contribution in [3.8, 4) is 0 Å². The van der Waals surface area contributed by atoms with Crippen molar-refractivity contribution in [3.63, 3.8) is 0 Å². The minimum atomic E-state index is -4.48. The van der Waals surface area contributed by atoms with Crippen LogP contribution in [-0.2, 0) is 17.4 Å². The van der Waals surface area contributed by atoms with Crippen LogP contribution in [0.5, 0.6) is 0 Å². The molecule has 1 aliphatic rings. The van der Waals surface area contributed by atoms with Crippen LogP contribution in [0, 0.1) is 6.92 Å². The van der Waals surface area contributed by atoms with E-state index in [9.17, 15) is 18.0 Å². The summed E-state index contributed by atoms with van der Waals surface area (Å²) in [4.78, 5) is 12.3. The monoisotopic (exact) mass is 378 g/mol. The molecule has 2 aromatic carbocycles. The smallest absolute Gasteiger partial charge is 0.396 e. The highest BCUT2D eigenvalue weighted by Gasteiger charge is 2.34. The molecule has 0 saturated heterocycles. The molecule has 0 radical (unpaired) electrons. The van der Waals surface area contributed by atoms with Crippen LogP contribution in [0.25, 0.3) is 0 Å². The van der Waals surface area contributed by atoms with Crippen molar-refractivity contribution in [2.75, 3.05) is 17.2 Å². The van der Waals surface area contributed by atoms with Crippen LogP contribution < -0.4 is 10.6 Å². The third-order valence-corrected chi connectivity index (χ3v) is 4.64. The number of aliphatic hydroxyl groups is 1. The third kappa shape index (κ3) is 4.42. The number of aryl methyl sites for hydroxylation is 2. The van der Waals surface area contributed by atoms with Gasteiger partial charge in [-0.05, 0) is 48.6 Å². The Morgan fingerprint density at radius 2 is 1.96 bits per heavy atom. The lowest BCUT2D eigenvalue weighted by molar-refractivity contribution is -0.138. The fraction of sp³-hybridized carbons (Fsp3) is 0.350. The number of fused-ring (bicyclic) bond motifs is 1. The normalized spacial score (nSPS) is 16.9. The summed E-state index contributed by atoms with van der Waals surface area (Å²) in [6.07, 6.45) is -3.01. The topological polar surface area (TPSA) is 61.4 Å². The van der Waals surface area contributed by atoms with E-state index in [1.807, 2.05) is 24.3 Å². The molecule has 1 unspecified atom stereocenters. The fourth-order valence-electron chi connectivity index (χ4n) is 3.31. The van der Waals surface area contributed by atoms with E-state index >= 15 is 0 Å². The van der Waals surface area contributed by atoms with Crippen LogP contribution >= 0.6 is 0 Å². The molecule has 4 nitrogen and oxygen atoms in total. The van der Waals surface area contributed by atoms with Crippen molar-refractivity contribution < 1.29 is 23.1 Å². The van der Waals surface area contributed by atoms with Gasteiger partial charge in [0, 0.05) is 6.61 Å². The molecular formula is C20H21F3N2O2. The first-order valence-corrected chi connectivity index (χ1v) is 8.76. The molecule has 1 heterocycles. The Balaban J connectivity index is 1.94. The van der Waals surface area contributed by atoms with Crippen LogP contribution in [0.1, 0.15) is 41.1 Å². The summed E-state index contributed by atoms with van der Waals surface area (Å²) in [5.41, 5.74) is 1.87. The number of carbonyl (C=O) groups is 1. The van der Waals surface area contributed by atoms with Crippen molar-refractivity contribution >= 4 is 17.3 Å². The molecule has 0 bridgehead atoms. The molecule has 1 aliphatic heterocycles. The molecule has 144 valence electrons. The van der Waals surface area contributed by atoms with Gasteiger partial charge in [0.05, 0.1) is 29.4 Å². The van der Waals surface area contributed by atoms with Gasteiger partial charge in [-0.2, -0.15) is 13.2 Å². The number of aliphatic hydroxyl groups excluding tert-OH is 1. The number of amides is 1. The number of anilines is 2. The average Bonchev–Trinajstić information content (AvgIpc) is 2.76.